The molecule has 2 rings (SSSR count). The third-order valence-corrected chi connectivity index (χ3v) is 5.19. The van der Waals surface area contributed by atoms with Crippen LogP contribution >= 0.6 is 0 Å². The van der Waals surface area contributed by atoms with Crippen LogP contribution in [-0.2, 0) is 16.0 Å². The summed E-state index contributed by atoms with van der Waals surface area (Å²) in [5, 5.41) is 3.36. The molecule has 1 fully saturated rings. The van der Waals surface area contributed by atoms with E-state index in [2.05, 4.69) is 17.4 Å². The summed E-state index contributed by atoms with van der Waals surface area (Å²) in [6, 6.07) is 8.33. The average molecular weight is 391 g/mol. The Hall–Kier alpha value is -1.59. The quantitative estimate of drug-likeness (QED) is 0.495. The Morgan fingerprint density at radius 1 is 1.18 bits per heavy atom. The Labute approximate surface area is 170 Å². The third kappa shape index (κ3) is 7.44. The number of carbonyl (C=O) groups excluding carboxylic acids is 1. The zero-order valence-corrected chi connectivity index (χ0v) is 18.1. The Bertz CT molecular complexity index is 599. The van der Waals surface area contributed by atoms with E-state index in [1.807, 2.05) is 39.8 Å². The average Bonchev–Trinajstić information content (AvgIpc) is 2.62. The number of nitrogens with two attached hydrogens (primary N) is 1. The predicted molar refractivity (Wildman–Crippen MR) is 114 cm³/mol. The maximum atomic E-state index is 12.8. The van der Waals surface area contributed by atoms with Gasteiger partial charge in [0.15, 0.2) is 0 Å². The third-order valence-electron chi connectivity index (χ3n) is 5.19. The van der Waals surface area contributed by atoms with Gasteiger partial charge in [-0.3, -0.25) is 4.79 Å². The van der Waals surface area contributed by atoms with Crippen molar-refractivity contribution in [2.45, 2.75) is 77.9 Å². The highest BCUT2D eigenvalue weighted by Gasteiger charge is 2.41. The molecule has 0 amide bonds. The van der Waals surface area contributed by atoms with Gasteiger partial charge in [-0.25, -0.2) is 0 Å². The molecule has 28 heavy (non-hydrogen) atoms. The predicted octanol–water partition coefficient (Wildman–Crippen LogP) is 3.84. The highest BCUT2D eigenvalue weighted by Crippen LogP contribution is 2.37. The molecule has 1 atom stereocenters. The number of nitrogens with one attached hydrogen (secondary N) is 1. The van der Waals surface area contributed by atoms with Crippen LogP contribution in [0.4, 0.5) is 0 Å². The Morgan fingerprint density at radius 3 is 2.39 bits per heavy atom. The van der Waals surface area contributed by atoms with E-state index in [0.29, 0.717) is 6.61 Å². The number of hydrogen-bond donors (Lipinski definition) is 2. The summed E-state index contributed by atoms with van der Waals surface area (Å²) in [5.41, 5.74) is 6.28. The summed E-state index contributed by atoms with van der Waals surface area (Å²) in [6.07, 6.45) is 5.33. The zero-order valence-electron chi connectivity index (χ0n) is 18.1. The lowest BCUT2D eigenvalue weighted by atomic mass is 9.75. The first-order chi connectivity index (χ1) is 13.2. The van der Waals surface area contributed by atoms with E-state index in [1.165, 1.54) is 5.56 Å². The Morgan fingerprint density at radius 2 is 1.82 bits per heavy atom. The standard InChI is InChI=1S/C23H38N2O3/c1-18(24)17-19-7-9-20(10-8-19)27-16-6-5-11-23(12-14-25-15-13-23)21(26)28-22(2,3)4/h7-10,18,25H,5-6,11-17,24H2,1-4H3. The van der Waals surface area contributed by atoms with Gasteiger partial charge < -0.3 is 20.5 Å². The number of esters is 1. The van der Waals surface area contributed by atoms with Crippen LogP contribution in [0, 0.1) is 5.41 Å². The molecule has 0 radical (unpaired) electrons. The molecule has 1 aliphatic heterocycles. The van der Waals surface area contributed by atoms with E-state index in [4.69, 9.17) is 15.2 Å². The molecule has 5 nitrogen and oxygen atoms in total. The molecule has 1 aromatic carbocycles. The summed E-state index contributed by atoms with van der Waals surface area (Å²) in [5.74, 6) is 0.851. The normalized spacial score (nSPS) is 17.8. The SMILES string of the molecule is CC(N)Cc1ccc(OCCCCC2(C(=O)OC(C)(C)C)CCNCC2)cc1. The first-order valence-electron chi connectivity index (χ1n) is 10.6. The van der Waals surface area contributed by atoms with E-state index >= 15 is 0 Å². The first kappa shape index (κ1) is 22.7. The van der Waals surface area contributed by atoms with Gasteiger partial charge in [0, 0.05) is 6.04 Å². The highest BCUT2D eigenvalue weighted by atomic mass is 16.6. The maximum Gasteiger partial charge on any atom is 0.312 e. The number of piperidine rings is 1. The second kappa shape index (κ2) is 10.3. The van der Waals surface area contributed by atoms with E-state index < -0.39 is 5.60 Å². The minimum atomic E-state index is -0.439. The number of rotatable bonds is 9. The van der Waals surface area contributed by atoms with Crippen molar-refractivity contribution in [2.24, 2.45) is 11.1 Å². The van der Waals surface area contributed by atoms with Gasteiger partial charge in [0.05, 0.1) is 12.0 Å². The molecule has 0 spiro atoms. The molecule has 158 valence electrons. The van der Waals surface area contributed by atoms with Crippen molar-refractivity contribution in [1.82, 2.24) is 5.32 Å². The zero-order chi connectivity index (χ0) is 20.6. The number of carbonyl (C=O) groups is 1. The number of unbranched alkanes of at least 4 members (excludes halogenated alkanes) is 1. The van der Waals surface area contributed by atoms with Crippen molar-refractivity contribution in [1.29, 1.82) is 0 Å². The lowest BCUT2D eigenvalue weighted by Crippen LogP contribution is -2.45. The van der Waals surface area contributed by atoms with Gasteiger partial charge in [-0.1, -0.05) is 12.1 Å². The molecule has 1 heterocycles. The van der Waals surface area contributed by atoms with Gasteiger partial charge in [-0.05, 0) is 97.0 Å². The lowest BCUT2D eigenvalue weighted by molar-refractivity contribution is -0.170. The topological polar surface area (TPSA) is 73.6 Å². The van der Waals surface area contributed by atoms with E-state index in [9.17, 15) is 4.79 Å². The van der Waals surface area contributed by atoms with Crippen LogP contribution < -0.4 is 15.8 Å². The molecule has 1 saturated heterocycles. The Kier molecular flexibility index (Phi) is 8.32. The monoisotopic (exact) mass is 390 g/mol. The molecule has 0 bridgehead atoms. The summed E-state index contributed by atoms with van der Waals surface area (Å²) >= 11 is 0. The van der Waals surface area contributed by atoms with Crippen LogP contribution in [0.3, 0.4) is 0 Å². The van der Waals surface area contributed by atoms with Crippen molar-refractivity contribution < 1.29 is 14.3 Å². The van der Waals surface area contributed by atoms with Crippen LogP contribution in [0.5, 0.6) is 5.75 Å². The highest BCUT2D eigenvalue weighted by molar-refractivity contribution is 5.77. The van der Waals surface area contributed by atoms with Crippen molar-refractivity contribution in [3.05, 3.63) is 29.8 Å². The largest absolute Gasteiger partial charge is 0.494 e. The van der Waals surface area contributed by atoms with Gasteiger partial charge >= 0.3 is 5.97 Å². The molecule has 1 aliphatic rings. The number of ether oxygens (including phenoxy) is 2. The molecule has 3 N–H and O–H groups in total. The maximum absolute atomic E-state index is 12.8. The lowest BCUT2D eigenvalue weighted by Gasteiger charge is -2.37. The molecule has 0 aliphatic carbocycles. The Balaban J connectivity index is 1.78. The van der Waals surface area contributed by atoms with Crippen molar-refractivity contribution in [2.75, 3.05) is 19.7 Å². The van der Waals surface area contributed by atoms with Crippen molar-refractivity contribution >= 4 is 5.97 Å². The van der Waals surface area contributed by atoms with Crippen LogP contribution in [0.15, 0.2) is 24.3 Å². The molecule has 1 unspecified atom stereocenters. The molecular weight excluding hydrogens is 352 g/mol. The number of benzene rings is 1. The van der Waals surface area contributed by atoms with Gasteiger partial charge in [0.25, 0.3) is 0 Å². The summed E-state index contributed by atoms with van der Waals surface area (Å²) in [7, 11) is 0. The van der Waals surface area contributed by atoms with Crippen LogP contribution in [0.2, 0.25) is 0 Å². The van der Waals surface area contributed by atoms with E-state index in [-0.39, 0.29) is 17.4 Å². The summed E-state index contributed by atoms with van der Waals surface area (Å²) in [4.78, 5) is 12.8. The van der Waals surface area contributed by atoms with Crippen molar-refractivity contribution in [3.63, 3.8) is 0 Å². The first-order valence-corrected chi connectivity index (χ1v) is 10.6. The molecule has 0 aromatic heterocycles. The number of hydrogen-bond acceptors (Lipinski definition) is 5. The summed E-state index contributed by atoms with van der Waals surface area (Å²) in [6.45, 7) is 10.2. The smallest absolute Gasteiger partial charge is 0.312 e. The van der Waals surface area contributed by atoms with E-state index in [0.717, 1.165) is 57.4 Å². The molecular formula is C23H38N2O3. The van der Waals surface area contributed by atoms with Gasteiger partial charge in [-0.2, -0.15) is 0 Å². The van der Waals surface area contributed by atoms with Crippen LogP contribution in [0.25, 0.3) is 0 Å². The summed E-state index contributed by atoms with van der Waals surface area (Å²) < 4.78 is 11.6. The van der Waals surface area contributed by atoms with Gasteiger partial charge in [0.2, 0.25) is 0 Å². The fourth-order valence-electron chi connectivity index (χ4n) is 3.70. The van der Waals surface area contributed by atoms with Crippen LogP contribution in [0.1, 0.15) is 65.4 Å². The second-order valence-electron chi connectivity index (χ2n) is 9.16. The molecule has 0 saturated carbocycles. The fourth-order valence-corrected chi connectivity index (χ4v) is 3.70. The molecule has 1 aromatic rings. The fraction of sp³-hybridized carbons (Fsp3) is 0.696. The minimum Gasteiger partial charge on any atom is -0.494 e. The van der Waals surface area contributed by atoms with Crippen molar-refractivity contribution in [3.8, 4) is 5.75 Å². The second-order valence-corrected chi connectivity index (χ2v) is 9.16. The minimum absolute atomic E-state index is 0.0351. The van der Waals surface area contributed by atoms with Gasteiger partial charge in [-0.15, -0.1) is 0 Å². The molecule has 5 heteroatoms. The van der Waals surface area contributed by atoms with Crippen LogP contribution in [-0.4, -0.2) is 37.3 Å². The van der Waals surface area contributed by atoms with E-state index in [1.54, 1.807) is 0 Å². The van der Waals surface area contributed by atoms with Gasteiger partial charge in [0.1, 0.15) is 11.4 Å².